The van der Waals surface area contributed by atoms with Crippen LogP contribution in [-0.4, -0.2) is 24.5 Å². The Morgan fingerprint density at radius 2 is 2.25 bits per heavy atom. The van der Waals surface area contributed by atoms with Crippen molar-refractivity contribution in [1.29, 1.82) is 0 Å². The monoisotopic (exact) mass is 298 g/mol. The number of ether oxygens (including phenoxy) is 1. The third-order valence-electron chi connectivity index (χ3n) is 3.08. The second-order valence-electron chi connectivity index (χ2n) is 4.99. The summed E-state index contributed by atoms with van der Waals surface area (Å²) in [4.78, 5) is 24.6. The number of thiophene rings is 1. The molecule has 0 bridgehead atoms. The molecule has 0 aliphatic rings. The zero-order valence-electron chi connectivity index (χ0n) is 12.1. The van der Waals surface area contributed by atoms with Crippen LogP contribution in [0.1, 0.15) is 44.0 Å². The van der Waals surface area contributed by atoms with Crippen molar-refractivity contribution < 1.29 is 14.3 Å². The highest BCUT2D eigenvalue weighted by Crippen LogP contribution is 2.23. The van der Waals surface area contributed by atoms with Gasteiger partial charge in [-0.05, 0) is 24.8 Å². The molecule has 1 amide bonds. The fourth-order valence-corrected chi connectivity index (χ4v) is 2.70. The van der Waals surface area contributed by atoms with Gasteiger partial charge in [-0.15, -0.1) is 11.3 Å². The lowest BCUT2D eigenvalue weighted by atomic mass is 9.96. The van der Waals surface area contributed by atoms with E-state index in [1.54, 1.807) is 6.92 Å². The van der Waals surface area contributed by atoms with E-state index in [4.69, 9.17) is 5.73 Å². The highest BCUT2D eigenvalue weighted by molar-refractivity contribution is 7.10. The normalized spacial score (nSPS) is 15.2. The molecular formula is C14H22N2O3S. The Morgan fingerprint density at radius 1 is 1.55 bits per heavy atom. The van der Waals surface area contributed by atoms with Gasteiger partial charge in [0.15, 0.2) is 0 Å². The number of carbonyl (C=O) groups is 2. The van der Waals surface area contributed by atoms with Crippen molar-refractivity contribution in [3.63, 3.8) is 0 Å². The molecule has 0 fully saturated rings. The van der Waals surface area contributed by atoms with E-state index >= 15 is 0 Å². The molecule has 1 aromatic rings. The Kier molecular flexibility index (Phi) is 6.16. The predicted octanol–water partition coefficient (Wildman–Crippen LogP) is 1.99. The van der Waals surface area contributed by atoms with Crippen LogP contribution >= 0.6 is 11.3 Å². The van der Waals surface area contributed by atoms with E-state index in [0.717, 1.165) is 11.3 Å². The van der Waals surface area contributed by atoms with Crippen LogP contribution in [0, 0.1) is 0 Å². The van der Waals surface area contributed by atoms with Crippen LogP contribution in [0.3, 0.4) is 0 Å². The highest BCUT2D eigenvalue weighted by Gasteiger charge is 2.30. The lowest BCUT2D eigenvalue weighted by Crippen LogP contribution is -2.52. The molecule has 5 nitrogen and oxygen atoms in total. The van der Waals surface area contributed by atoms with Crippen molar-refractivity contribution in [2.45, 2.75) is 44.7 Å². The molecule has 3 N–H and O–H groups in total. The Bertz CT molecular complexity index is 443. The summed E-state index contributed by atoms with van der Waals surface area (Å²) >= 11 is 1.49. The predicted molar refractivity (Wildman–Crippen MR) is 79.3 cm³/mol. The van der Waals surface area contributed by atoms with Gasteiger partial charge in [-0.3, -0.25) is 9.59 Å². The number of carbonyl (C=O) groups excluding carboxylic acids is 2. The number of hydrogen-bond donors (Lipinski definition) is 2. The lowest BCUT2D eigenvalue weighted by molar-refractivity contribution is -0.141. The summed E-state index contributed by atoms with van der Waals surface area (Å²) in [7, 11) is 1.33. The minimum Gasteiger partial charge on any atom is -0.469 e. The fraction of sp³-hybridized carbons (Fsp3) is 0.571. The number of nitrogens with one attached hydrogen (secondary N) is 1. The molecule has 2 atom stereocenters. The maximum atomic E-state index is 12.2. The third kappa shape index (κ3) is 4.61. The van der Waals surface area contributed by atoms with E-state index in [9.17, 15) is 9.59 Å². The summed E-state index contributed by atoms with van der Waals surface area (Å²) in [6.45, 7) is 3.68. The average molecular weight is 298 g/mol. The number of nitrogens with two attached hydrogens (primary N) is 1. The minimum atomic E-state index is -0.930. The van der Waals surface area contributed by atoms with Crippen LogP contribution in [0.4, 0.5) is 0 Å². The molecule has 0 spiro atoms. The number of rotatable bonds is 7. The van der Waals surface area contributed by atoms with E-state index in [0.29, 0.717) is 6.42 Å². The molecule has 2 unspecified atom stereocenters. The summed E-state index contributed by atoms with van der Waals surface area (Å²) in [6.07, 6.45) is 1.51. The van der Waals surface area contributed by atoms with E-state index < -0.39 is 11.6 Å². The minimum absolute atomic E-state index is 0.102. The van der Waals surface area contributed by atoms with Crippen molar-refractivity contribution >= 4 is 23.2 Å². The molecule has 112 valence electrons. The first-order valence-electron chi connectivity index (χ1n) is 6.60. The molecule has 0 saturated carbocycles. The van der Waals surface area contributed by atoms with Crippen molar-refractivity contribution in [3.8, 4) is 0 Å². The Balaban J connectivity index is 2.80. The Labute approximate surface area is 123 Å². The van der Waals surface area contributed by atoms with E-state index in [1.165, 1.54) is 18.4 Å². The van der Waals surface area contributed by atoms with Crippen LogP contribution in [0.5, 0.6) is 0 Å². The smallest absolute Gasteiger partial charge is 0.307 e. The first kappa shape index (κ1) is 16.7. The maximum absolute atomic E-state index is 12.2. The van der Waals surface area contributed by atoms with Crippen LogP contribution in [0.25, 0.3) is 0 Å². The molecule has 0 aliphatic heterocycles. The molecule has 0 aromatic carbocycles. The van der Waals surface area contributed by atoms with Gasteiger partial charge in [-0.2, -0.15) is 0 Å². The van der Waals surface area contributed by atoms with Gasteiger partial charge in [0.05, 0.1) is 25.1 Å². The summed E-state index contributed by atoms with van der Waals surface area (Å²) in [6, 6.07) is 3.37. The van der Waals surface area contributed by atoms with Crippen LogP contribution in [0.15, 0.2) is 17.5 Å². The van der Waals surface area contributed by atoms with Crippen LogP contribution in [0.2, 0.25) is 0 Å². The van der Waals surface area contributed by atoms with Crippen molar-refractivity contribution in [2.24, 2.45) is 5.73 Å². The maximum Gasteiger partial charge on any atom is 0.307 e. The SMILES string of the molecule is CCCC(C)(N)C(=O)NC(CC(=O)OC)c1cccs1. The lowest BCUT2D eigenvalue weighted by Gasteiger charge is -2.26. The topological polar surface area (TPSA) is 81.4 Å². The van der Waals surface area contributed by atoms with Gasteiger partial charge in [0.1, 0.15) is 0 Å². The molecule has 1 rings (SSSR count). The summed E-state index contributed by atoms with van der Waals surface area (Å²) < 4.78 is 4.68. The van der Waals surface area contributed by atoms with Crippen molar-refractivity contribution in [1.82, 2.24) is 5.32 Å². The van der Waals surface area contributed by atoms with Gasteiger partial charge in [0.25, 0.3) is 0 Å². The molecule has 20 heavy (non-hydrogen) atoms. The first-order chi connectivity index (χ1) is 9.40. The zero-order chi connectivity index (χ0) is 15.2. The van der Waals surface area contributed by atoms with E-state index in [-0.39, 0.29) is 18.3 Å². The molecular weight excluding hydrogens is 276 g/mol. The number of methoxy groups -OCH3 is 1. The standard InChI is InChI=1S/C14H22N2O3S/c1-4-7-14(2,15)13(18)16-10(9-12(17)19-3)11-6-5-8-20-11/h5-6,8,10H,4,7,9,15H2,1-3H3,(H,16,18). The Hall–Kier alpha value is -1.40. The van der Waals surface area contributed by atoms with Gasteiger partial charge in [-0.25, -0.2) is 0 Å². The summed E-state index contributed by atoms with van der Waals surface area (Å²) in [5.41, 5.74) is 5.08. The second-order valence-corrected chi connectivity index (χ2v) is 5.97. The van der Waals surface area contributed by atoms with Gasteiger partial charge in [-0.1, -0.05) is 19.4 Å². The molecule has 1 heterocycles. The number of hydrogen-bond acceptors (Lipinski definition) is 5. The van der Waals surface area contributed by atoms with Crippen LogP contribution < -0.4 is 11.1 Å². The van der Waals surface area contributed by atoms with Crippen LogP contribution in [-0.2, 0) is 14.3 Å². The molecule has 0 radical (unpaired) electrons. The largest absolute Gasteiger partial charge is 0.469 e. The summed E-state index contributed by atoms with van der Waals surface area (Å²) in [5, 5.41) is 4.76. The molecule has 0 saturated heterocycles. The summed E-state index contributed by atoms with van der Waals surface area (Å²) in [5.74, 6) is -0.612. The average Bonchev–Trinajstić information content (AvgIpc) is 2.91. The van der Waals surface area contributed by atoms with Gasteiger partial charge in [0, 0.05) is 4.88 Å². The van der Waals surface area contributed by atoms with E-state index in [1.807, 2.05) is 24.4 Å². The molecule has 6 heteroatoms. The van der Waals surface area contributed by atoms with Gasteiger partial charge >= 0.3 is 5.97 Å². The number of amides is 1. The zero-order valence-corrected chi connectivity index (χ0v) is 13.0. The highest BCUT2D eigenvalue weighted by atomic mass is 32.1. The second kappa shape index (κ2) is 7.40. The quantitative estimate of drug-likeness (QED) is 0.754. The van der Waals surface area contributed by atoms with Crippen molar-refractivity contribution in [3.05, 3.63) is 22.4 Å². The first-order valence-corrected chi connectivity index (χ1v) is 7.48. The van der Waals surface area contributed by atoms with Gasteiger partial charge < -0.3 is 15.8 Å². The third-order valence-corrected chi connectivity index (χ3v) is 4.06. The van der Waals surface area contributed by atoms with Crippen molar-refractivity contribution in [2.75, 3.05) is 7.11 Å². The fourth-order valence-electron chi connectivity index (χ4n) is 1.92. The Morgan fingerprint density at radius 3 is 2.75 bits per heavy atom. The van der Waals surface area contributed by atoms with Gasteiger partial charge in [0.2, 0.25) is 5.91 Å². The molecule has 0 aliphatic carbocycles. The molecule has 1 aromatic heterocycles. The number of esters is 1. The van der Waals surface area contributed by atoms with E-state index in [2.05, 4.69) is 10.1 Å².